The average molecular weight is 297 g/mol. The van der Waals surface area contributed by atoms with Crippen molar-refractivity contribution >= 4 is 38.4 Å². The van der Waals surface area contributed by atoms with E-state index < -0.39 is 19.8 Å². The van der Waals surface area contributed by atoms with Gasteiger partial charge in [-0.15, -0.1) is 0 Å². The van der Waals surface area contributed by atoms with Crippen LogP contribution in [0, 0.1) is 0 Å². The van der Waals surface area contributed by atoms with Gasteiger partial charge in [-0.1, -0.05) is 12.7 Å². The van der Waals surface area contributed by atoms with Crippen molar-refractivity contribution in [3.05, 3.63) is 12.7 Å². The molecule has 0 spiro atoms. The summed E-state index contributed by atoms with van der Waals surface area (Å²) in [5.74, 6) is -0.179. The third kappa shape index (κ3) is 22.4. The van der Waals surface area contributed by atoms with Crippen LogP contribution >= 0.6 is 12.6 Å². The van der Waals surface area contributed by atoms with E-state index in [-0.39, 0.29) is 18.3 Å². The van der Waals surface area contributed by atoms with Gasteiger partial charge in [0, 0.05) is 0 Å². The Balaban J connectivity index is 0. The summed E-state index contributed by atoms with van der Waals surface area (Å²) >= 11 is 3.04. The fraction of sp³-hybridized carbons (Fsp3) is 0.625. The van der Waals surface area contributed by atoms with Crippen molar-refractivity contribution in [2.45, 2.75) is 14.8 Å². The van der Waals surface area contributed by atoms with Crippen LogP contribution in [0.2, 0.25) is 14.8 Å². The Hall–Kier alpha value is 0.359. The summed E-state index contributed by atoms with van der Waals surface area (Å²) in [7, 11) is 0. The Bertz CT molecular complexity index is 123. The second-order valence-electron chi connectivity index (χ2n) is 2.86. The van der Waals surface area contributed by atoms with Crippen molar-refractivity contribution < 1.29 is 9.53 Å². The van der Waals surface area contributed by atoms with Crippen LogP contribution in [0.25, 0.3) is 0 Å². The zero-order valence-corrected chi connectivity index (χ0v) is 12.2. The number of ether oxygens (including phenoxy) is 1. The molecule has 0 amide bonds. The maximum absolute atomic E-state index is 10.2. The van der Waals surface area contributed by atoms with E-state index >= 15 is 0 Å². The molecule has 0 N–H and O–H groups in total. The molecule has 0 saturated heterocycles. The van der Waals surface area contributed by atoms with Gasteiger partial charge in [0.05, 0.1) is 5.75 Å². The van der Waals surface area contributed by atoms with Crippen molar-refractivity contribution in [3.63, 3.8) is 0 Å². The third-order valence-electron chi connectivity index (χ3n) is 0.491. The minimum atomic E-state index is -0.637. The molecular formula is C8H18O2SSn. The molecule has 12 heavy (non-hydrogen) atoms. The fourth-order valence-electron chi connectivity index (χ4n) is 0.198. The number of thiol groups is 1. The first-order chi connectivity index (χ1) is 5.54. The van der Waals surface area contributed by atoms with Crippen LogP contribution in [0.4, 0.5) is 0 Å². The van der Waals surface area contributed by atoms with Crippen LogP contribution in [-0.4, -0.2) is 38.1 Å². The SMILES string of the molecule is C=CCOC(=O)CS.[CH3][SnH]([CH3])[CH3]. The van der Waals surface area contributed by atoms with E-state index in [9.17, 15) is 4.79 Å². The molecular weight excluding hydrogens is 279 g/mol. The number of hydrogen-bond donors (Lipinski definition) is 1. The second-order valence-corrected chi connectivity index (χ2v) is 13.1. The predicted molar refractivity (Wildman–Crippen MR) is 59.8 cm³/mol. The second kappa shape index (κ2) is 11.4. The average Bonchev–Trinajstić information content (AvgIpc) is 1.99. The normalized spacial score (nSPS) is 8.42. The molecule has 0 aliphatic carbocycles. The Kier molecular flexibility index (Phi) is 14.1. The van der Waals surface area contributed by atoms with Gasteiger partial charge in [-0.3, -0.25) is 4.79 Å². The maximum atomic E-state index is 10.2. The van der Waals surface area contributed by atoms with Gasteiger partial charge >= 0.3 is 40.5 Å². The van der Waals surface area contributed by atoms with Gasteiger partial charge in [-0.25, -0.2) is 0 Å². The topological polar surface area (TPSA) is 26.3 Å². The van der Waals surface area contributed by atoms with E-state index in [0.29, 0.717) is 0 Å². The monoisotopic (exact) mass is 298 g/mol. The molecule has 4 heteroatoms. The summed E-state index contributed by atoms with van der Waals surface area (Å²) in [5.41, 5.74) is 0. The summed E-state index contributed by atoms with van der Waals surface area (Å²) < 4.78 is 4.51. The Labute approximate surface area is 87.5 Å². The van der Waals surface area contributed by atoms with Crippen molar-refractivity contribution in [2.75, 3.05) is 12.4 Å². The molecule has 0 aliphatic rings. The van der Waals surface area contributed by atoms with Crippen LogP contribution < -0.4 is 0 Å². The van der Waals surface area contributed by atoms with E-state index in [1.54, 1.807) is 0 Å². The van der Waals surface area contributed by atoms with Gasteiger partial charge in [0.15, 0.2) is 0 Å². The summed E-state index contributed by atoms with van der Waals surface area (Å²) in [6.45, 7) is 3.64. The zero-order valence-electron chi connectivity index (χ0n) is 8.04. The predicted octanol–water partition coefficient (Wildman–Crippen LogP) is 1.75. The van der Waals surface area contributed by atoms with Gasteiger partial charge in [0.1, 0.15) is 6.61 Å². The number of hydrogen-bond acceptors (Lipinski definition) is 3. The van der Waals surface area contributed by atoms with Crippen LogP contribution in [0.15, 0.2) is 12.7 Å². The summed E-state index contributed by atoms with van der Waals surface area (Å²) in [5, 5.41) is 0. The molecule has 0 aromatic carbocycles. The van der Waals surface area contributed by atoms with Gasteiger partial charge in [0.25, 0.3) is 0 Å². The van der Waals surface area contributed by atoms with Crippen molar-refractivity contribution in [1.82, 2.24) is 0 Å². The summed E-state index contributed by atoms with van der Waals surface area (Å²) in [6, 6.07) is 0. The van der Waals surface area contributed by atoms with Crippen LogP contribution in [-0.2, 0) is 9.53 Å². The quantitative estimate of drug-likeness (QED) is 0.372. The molecule has 0 bridgehead atoms. The molecule has 0 unspecified atom stereocenters. The number of rotatable bonds is 3. The zero-order chi connectivity index (χ0) is 9.98. The van der Waals surface area contributed by atoms with E-state index in [2.05, 4.69) is 38.8 Å². The molecule has 0 fully saturated rings. The number of carbonyl (C=O) groups excluding carboxylic acids is 1. The first-order valence-corrected chi connectivity index (χ1v) is 14.4. The molecule has 0 aromatic rings. The molecule has 2 nitrogen and oxygen atoms in total. The number of carbonyl (C=O) groups is 1. The first-order valence-electron chi connectivity index (χ1n) is 3.92. The summed E-state index contributed by atoms with van der Waals surface area (Å²) in [6.07, 6.45) is 1.52. The van der Waals surface area contributed by atoms with Crippen LogP contribution in [0.3, 0.4) is 0 Å². The molecule has 0 heterocycles. The molecule has 0 saturated carbocycles. The van der Waals surface area contributed by atoms with E-state index in [0.717, 1.165) is 0 Å². The Morgan fingerprint density at radius 1 is 1.58 bits per heavy atom. The molecule has 0 radical (unpaired) electrons. The van der Waals surface area contributed by atoms with E-state index in [1.165, 1.54) is 6.08 Å². The molecule has 72 valence electrons. The van der Waals surface area contributed by atoms with Gasteiger partial charge in [-0.2, -0.15) is 12.6 Å². The van der Waals surface area contributed by atoms with Crippen molar-refractivity contribution in [2.24, 2.45) is 0 Å². The van der Waals surface area contributed by atoms with Gasteiger partial charge < -0.3 is 4.74 Å². The van der Waals surface area contributed by atoms with Crippen molar-refractivity contribution in [1.29, 1.82) is 0 Å². The Morgan fingerprint density at radius 3 is 2.25 bits per heavy atom. The summed E-state index contributed by atoms with van der Waals surface area (Å²) in [4.78, 5) is 17.4. The molecule has 0 aromatic heterocycles. The molecule has 0 aliphatic heterocycles. The van der Waals surface area contributed by atoms with E-state index in [4.69, 9.17) is 0 Å². The fourth-order valence-corrected chi connectivity index (χ4v) is 0.289. The van der Waals surface area contributed by atoms with Crippen LogP contribution in [0.5, 0.6) is 0 Å². The standard InChI is InChI=1S/C5H8O2S.3CH3.Sn.H/c1-2-3-7-5(6)4-8;;;;;/h2,8H,1,3-4H2;3*1H3;;. The minimum absolute atomic E-state index is 0.133. The first kappa shape index (κ1) is 14.9. The third-order valence-corrected chi connectivity index (χ3v) is 0.749. The molecule has 0 rings (SSSR count). The van der Waals surface area contributed by atoms with E-state index in [1.807, 2.05) is 0 Å². The van der Waals surface area contributed by atoms with Gasteiger partial charge in [0.2, 0.25) is 0 Å². The number of esters is 1. The van der Waals surface area contributed by atoms with Crippen molar-refractivity contribution in [3.8, 4) is 0 Å². The molecule has 0 atom stereocenters. The van der Waals surface area contributed by atoms with Gasteiger partial charge in [-0.05, 0) is 0 Å². The Morgan fingerprint density at radius 2 is 2.00 bits per heavy atom. The van der Waals surface area contributed by atoms with Crippen LogP contribution in [0.1, 0.15) is 0 Å².